The van der Waals surface area contributed by atoms with Gasteiger partial charge in [0, 0.05) is 0 Å². The van der Waals surface area contributed by atoms with E-state index >= 15 is 0 Å². The molecule has 0 saturated heterocycles. The van der Waals surface area contributed by atoms with Gasteiger partial charge < -0.3 is 13.9 Å². The first-order chi connectivity index (χ1) is 7.84. The second-order valence-corrected chi connectivity index (χ2v) is 3.89. The highest BCUT2D eigenvalue weighted by molar-refractivity contribution is 7.41. The molecule has 2 rings (SSSR count). The van der Waals surface area contributed by atoms with Crippen LogP contribution in [0.4, 0.5) is 0 Å². The fourth-order valence-electron chi connectivity index (χ4n) is 1.16. The summed E-state index contributed by atoms with van der Waals surface area (Å²) >= 11 is 0. The third-order valence-electron chi connectivity index (χ3n) is 1.85. The van der Waals surface area contributed by atoms with E-state index < -0.39 is 8.60 Å². The lowest BCUT2D eigenvalue weighted by Crippen LogP contribution is -1.93. The highest BCUT2D eigenvalue weighted by Gasteiger charge is 2.10. The standard InChI is InChI=1S/C12H11O3P/c13-16(14-11-7-3-1-4-8-11)15-12-9-5-2-6-10-12/h1-10,13H. The number of para-hydroxylation sites is 2. The van der Waals surface area contributed by atoms with Crippen LogP contribution < -0.4 is 9.05 Å². The van der Waals surface area contributed by atoms with Crippen molar-refractivity contribution in [3.8, 4) is 11.5 Å². The summed E-state index contributed by atoms with van der Waals surface area (Å²) in [7, 11) is -1.93. The van der Waals surface area contributed by atoms with Gasteiger partial charge in [-0.05, 0) is 24.3 Å². The lowest BCUT2D eigenvalue weighted by atomic mass is 10.3. The molecule has 2 aromatic rings. The highest BCUT2D eigenvalue weighted by atomic mass is 31.2. The fraction of sp³-hybridized carbons (Fsp3) is 0. The van der Waals surface area contributed by atoms with E-state index in [1.54, 1.807) is 24.3 Å². The molecule has 3 nitrogen and oxygen atoms in total. The van der Waals surface area contributed by atoms with Gasteiger partial charge >= 0.3 is 8.60 Å². The van der Waals surface area contributed by atoms with Crippen LogP contribution >= 0.6 is 8.60 Å². The summed E-state index contributed by atoms with van der Waals surface area (Å²) in [5.41, 5.74) is 0. The van der Waals surface area contributed by atoms with Gasteiger partial charge in [-0.25, -0.2) is 0 Å². The van der Waals surface area contributed by atoms with Crippen molar-refractivity contribution in [2.24, 2.45) is 0 Å². The van der Waals surface area contributed by atoms with E-state index in [-0.39, 0.29) is 0 Å². The van der Waals surface area contributed by atoms with Crippen LogP contribution in [0.1, 0.15) is 0 Å². The predicted octanol–water partition coefficient (Wildman–Crippen LogP) is 3.36. The van der Waals surface area contributed by atoms with Crippen molar-refractivity contribution in [1.82, 2.24) is 0 Å². The van der Waals surface area contributed by atoms with E-state index in [1.807, 2.05) is 36.4 Å². The number of rotatable bonds is 4. The third kappa shape index (κ3) is 3.23. The zero-order valence-electron chi connectivity index (χ0n) is 8.48. The normalized spacial score (nSPS) is 10.1. The molecule has 0 saturated carbocycles. The zero-order valence-corrected chi connectivity index (χ0v) is 9.38. The highest BCUT2D eigenvalue weighted by Crippen LogP contribution is 2.35. The first-order valence-electron chi connectivity index (χ1n) is 4.79. The molecule has 0 aliphatic rings. The van der Waals surface area contributed by atoms with Gasteiger partial charge in [-0.1, -0.05) is 36.4 Å². The predicted molar refractivity (Wildman–Crippen MR) is 63.3 cm³/mol. The van der Waals surface area contributed by atoms with Gasteiger partial charge in [0.2, 0.25) is 0 Å². The average Bonchev–Trinajstić information content (AvgIpc) is 2.31. The molecule has 1 N–H and O–H groups in total. The summed E-state index contributed by atoms with van der Waals surface area (Å²) in [6.45, 7) is 0. The van der Waals surface area contributed by atoms with Gasteiger partial charge in [-0.2, -0.15) is 0 Å². The van der Waals surface area contributed by atoms with E-state index in [4.69, 9.17) is 9.05 Å². The Labute approximate surface area is 95.3 Å². The van der Waals surface area contributed by atoms with Gasteiger partial charge in [-0.3, -0.25) is 0 Å². The zero-order chi connectivity index (χ0) is 11.2. The topological polar surface area (TPSA) is 38.7 Å². The van der Waals surface area contributed by atoms with Crippen LogP contribution in [0.2, 0.25) is 0 Å². The van der Waals surface area contributed by atoms with Crippen LogP contribution in [0.15, 0.2) is 60.7 Å². The molecule has 0 radical (unpaired) electrons. The van der Waals surface area contributed by atoms with Crippen LogP contribution in [0.5, 0.6) is 11.5 Å². The summed E-state index contributed by atoms with van der Waals surface area (Å²) in [5.74, 6) is 1.18. The third-order valence-corrected chi connectivity index (χ3v) is 2.59. The molecule has 0 aliphatic carbocycles. The smallest absolute Gasteiger partial charge is 0.418 e. The lowest BCUT2D eigenvalue weighted by Gasteiger charge is -2.11. The van der Waals surface area contributed by atoms with Gasteiger partial charge in [0.25, 0.3) is 0 Å². The monoisotopic (exact) mass is 234 g/mol. The van der Waals surface area contributed by atoms with Crippen LogP contribution in [0.3, 0.4) is 0 Å². The SMILES string of the molecule is OP(Oc1ccccc1)Oc1ccccc1. The molecule has 0 amide bonds. The summed E-state index contributed by atoms with van der Waals surface area (Å²) in [5, 5.41) is 0. The van der Waals surface area contributed by atoms with Crippen molar-refractivity contribution >= 4 is 8.60 Å². The molecule has 0 bridgehead atoms. The molecular formula is C12H11O3P. The fourth-order valence-corrected chi connectivity index (χ4v) is 1.80. The molecule has 16 heavy (non-hydrogen) atoms. The Balaban J connectivity index is 1.92. The second kappa shape index (κ2) is 5.50. The molecule has 82 valence electrons. The number of hydrogen-bond acceptors (Lipinski definition) is 3. The Morgan fingerprint density at radius 1 is 0.688 bits per heavy atom. The minimum Gasteiger partial charge on any atom is -0.418 e. The van der Waals surface area contributed by atoms with Crippen molar-refractivity contribution < 1.29 is 13.9 Å². The van der Waals surface area contributed by atoms with E-state index in [0.29, 0.717) is 11.5 Å². The van der Waals surface area contributed by atoms with Crippen LogP contribution in [-0.2, 0) is 0 Å². The van der Waals surface area contributed by atoms with Gasteiger partial charge in [0.15, 0.2) is 0 Å². The van der Waals surface area contributed by atoms with E-state index in [2.05, 4.69) is 0 Å². The Morgan fingerprint density at radius 3 is 1.44 bits per heavy atom. The van der Waals surface area contributed by atoms with Gasteiger partial charge in [-0.15, -0.1) is 0 Å². The molecule has 0 fully saturated rings. The van der Waals surface area contributed by atoms with E-state index in [0.717, 1.165) is 0 Å². The summed E-state index contributed by atoms with van der Waals surface area (Å²) < 4.78 is 10.4. The minimum atomic E-state index is -1.93. The molecule has 0 spiro atoms. The Bertz CT molecular complexity index is 377. The maximum atomic E-state index is 9.58. The van der Waals surface area contributed by atoms with Crippen LogP contribution in [0, 0.1) is 0 Å². The first-order valence-corrected chi connectivity index (χ1v) is 5.93. The molecule has 0 aromatic heterocycles. The molecule has 2 aromatic carbocycles. The van der Waals surface area contributed by atoms with Crippen LogP contribution in [0.25, 0.3) is 0 Å². The number of hydrogen-bond donors (Lipinski definition) is 1. The minimum absolute atomic E-state index is 0.590. The molecular weight excluding hydrogens is 223 g/mol. The van der Waals surface area contributed by atoms with Gasteiger partial charge in [0.05, 0.1) is 0 Å². The molecule has 0 unspecified atom stereocenters. The quantitative estimate of drug-likeness (QED) is 0.824. The summed E-state index contributed by atoms with van der Waals surface area (Å²) in [6, 6.07) is 18.2. The van der Waals surface area contributed by atoms with E-state index in [1.165, 1.54) is 0 Å². The van der Waals surface area contributed by atoms with Crippen LogP contribution in [-0.4, -0.2) is 4.89 Å². The average molecular weight is 234 g/mol. The summed E-state index contributed by atoms with van der Waals surface area (Å²) in [4.78, 5) is 9.58. The second-order valence-electron chi connectivity index (χ2n) is 3.05. The Kier molecular flexibility index (Phi) is 3.76. The lowest BCUT2D eigenvalue weighted by molar-refractivity contribution is 0.382. The maximum absolute atomic E-state index is 9.58. The largest absolute Gasteiger partial charge is 0.460 e. The molecule has 4 heteroatoms. The Morgan fingerprint density at radius 2 is 1.06 bits per heavy atom. The summed E-state index contributed by atoms with van der Waals surface area (Å²) in [6.07, 6.45) is 0. The number of benzene rings is 2. The van der Waals surface area contributed by atoms with Crippen molar-refractivity contribution in [2.75, 3.05) is 0 Å². The van der Waals surface area contributed by atoms with Crippen molar-refractivity contribution in [3.63, 3.8) is 0 Å². The first kappa shape index (κ1) is 10.9. The van der Waals surface area contributed by atoms with Crippen molar-refractivity contribution in [2.45, 2.75) is 0 Å². The van der Waals surface area contributed by atoms with Gasteiger partial charge in [0.1, 0.15) is 11.5 Å². The Hall–Kier alpha value is -1.57. The molecule has 0 heterocycles. The van der Waals surface area contributed by atoms with E-state index in [9.17, 15) is 4.89 Å². The molecule has 0 aliphatic heterocycles. The van der Waals surface area contributed by atoms with Crippen molar-refractivity contribution in [1.29, 1.82) is 0 Å². The molecule has 0 atom stereocenters. The maximum Gasteiger partial charge on any atom is 0.460 e. The van der Waals surface area contributed by atoms with Crippen molar-refractivity contribution in [3.05, 3.63) is 60.7 Å².